The minimum Gasteiger partial charge on any atom is -0.264 e. The van der Waals surface area contributed by atoms with Gasteiger partial charge in [-0.3, -0.25) is 4.55 Å². The fourth-order valence-corrected chi connectivity index (χ4v) is 3.39. The molecule has 0 fully saturated rings. The Kier molecular flexibility index (Phi) is 21.1. The molecule has 0 radical (unpaired) electrons. The van der Waals surface area contributed by atoms with Crippen LogP contribution >= 0.6 is 0 Å². The molecule has 0 rings (SSSR count). The minimum absolute atomic E-state index is 0. The van der Waals surface area contributed by atoms with Crippen LogP contribution in [0, 0.1) is 0 Å². The van der Waals surface area contributed by atoms with Gasteiger partial charge in [-0.2, -0.15) is 8.42 Å². The summed E-state index contributed by atoms with van der Waals surface area (Å²) in [6, 6.07) is 0. The molecule has 0 spiro atoms. The Morgan fingerprint density at radius 3 is 1.42 bits per heavy atom. The van der Waals surface area contributed by atoms with Crippen molar-refractivity contribution in [1.82, 2.24) is 0 Å². The summed E-state index contributed by atoms with van der Waals surface area (Å²) in [7, 11) is -4.29. The summed E-state index contributed by atoms with van der Waals surface area (Å²) in [6.07, 6.45) is 18.5. The first-order chi connectivity index (χ1) is 11.0. The maximum Gasteiger partial charge on any atom is 1.00 e. The molecule has 0 aromatic rings. The molecule has 0 bridgehead atoms. The van der Waals surface area contributed by atoms with Gasteiger partial charge in [-0.1, -0.05) is 96.8 Å². The van der Waals surface area contributed by atoms with Gasteiger partial charge in [-0.05, 0) is 13.3 Å². The average molecular weight is 374 g/mol. The molecular formula is C18H38NaO4S+. The summed E-state index contributed by atoms with van der Waals surface area (Å²) in [6.45, 7) is 3.93. The van der Waals surface area contributed by atoms with Crippen molar-refractivity contribution >= 4 is 10.4 Å². The maximum absolute atomic E-state index is 10.5. The van der Waals surface area contributed by atoms with E-state index < -0.39 is 16.5 Å². The third kappa shape index (κ3) is 22.9. The van der Waals surface area contributed by atoms with Crippen LogP contribution in [-0.2, 0) is 14.6 Å². The van der Waals surface area contributed by atoms with Crippen molar-refractivity contribution in [2.45, 2.75) is 116 Å². The molecule has 140 valence electrons. The second kappa shape index (κ2) is 18.7. The third-order valence-corrected chi connectivity index (χ3v) is 4.82. The standard InChI is InChI=1S/C18H38O4S.Na/c1-3-4-5-6-7-8-9-10-11-12-13-14-15-16-17-18(2)22-23(19,20)21;/h18H,3-17H2,1-2H3,(H,19,20,21);/q;+1. The van der Waals surface area contributed by atoms with Crippen molar-refractivity contribution in [3.63, 3.8) is 0 Å². The van der Waals surface area contributed by atoms with Crippen molar-refractivity contribution in [1.29, 1.82) is 0 Å². The Labute approximate surface area is 172 Å². The van der Waals surface area contributed by atoms with Crippen LogP contribution in [0.1, 0.15) is 110 Å². The van der Waals surface area contributed by atoms with Gasteiger partial charge in [0, 0.05) is 0 Å². The van der Waals surface area contributed by atoms with Gasteiger partial charge >= 0.3 is 40.0 Å². The predicted octanol–water partition coefficient (Wildman–Crippen LogP) is 3.07. The number of unbranched alkanes of at least 4 members (excludes halogenated alkanes) is 13. The predicted molar refractivity (Wildman–Crippen MR) is 97.0 cm³/mol. The Morgan fingerprint density at radius 1 is 0.750 bits per heavy atom. The fraction of sp³-hybridized carbons (Fsp3) is 1.00. The first-order valence-electron chi connectivity index (χ1n) is 9.61. The molecule has 0 saturated heterocycles. The molecule has 4 nitrogen and oxygen atoms in total. The Balaban J connectivity index is 0. The maximum atomic E-state index is 10.5. The van der Waals surface area contributed by atoms with E-state index in [-0.39, 0.29) is 29.6 Å². The Bertz CT molecular complexity index is 347. The smallest absolute Gasteiger partial charge is 0.264 e. The molecule has 0 amide bonds. The second-order valence-electron chi connectivity index (χ2n) is 6.72. The van der Waals surface area contributed by atoms with E-state index in [9.17, 15) is 8.42 Å². The molecule has 0 aliphatic carbocycles. The third-order valence-electron chi connectivity index (χ3n) is 4.25. The number of hydrogen-bond donors (Lipinski definition) is 1. The van der Waals surface area contributed by atoms with Crippen LogP contribution in [0.25, 0.3) is 0 Å². The fourth-order valence-electron chi connectivity index (χ4n) is 2.88. The SMILES string of the molecule is CCCCCCCCCCCCCCCCC(C)OS(=O)(=O)O.[Na+]. The number of rotatable bonds is 17. The van der Waals surface area contributed by atoms with Crippen LogP contribution in [0.4, 0.5) is 0 Å². The first-order valence-corrected chi connectivity index (χ1v) is 11.0. The van der Waals surface area contributed by atoms with E-state index in [0.29, 0.717) is 6.42 Å². The van der Waals surface area contributed by atoms with Crippen LogP contribution in [0.2, 0.25) is 0 Å². The molecule has 0 heterocycles. The van der Waals surface area contributed by atoms with Crippen LogP contribution < -0.4 is 29.6 Å². The zero-order valence-corrected chi connectivity index (χ0v) is 19.1. The van der Waals surface area contributed by atoms with E-state index in [0.717, 1.165) is 12.8 Å². The van der Waals surface area contributed by atoms with E-state index in [1.807, 2.05) is 0 Å². The van der Waals surface area contributed by atoms with Gasteiger partial charge in [0.1, 0.15) is 0 Å². The van der Waals surface area contributed by atoms with Crippen molar-refractivity contribution in [2.75, 3.05) is 0 Å². The van der Waals surface area contributed by atoms with E-state index in [2.05, 4.69) is 11.1 Å². The van der Waals surface area contributed by atoms with Gasteiger partial charge in [0.15, 0.2) is 0 Å². The average Bonchev–Trinajstić information content (AvgIpc) is 2.46. The topological polar surface area (TPSA) is 63.6 Å². The second-order valence-corrected chi connectivity index (χ2v) is 7.77. The molecule has 0 aliphatic rings. The summed E-state index contributed by atoms with van der Waals surface area (Å²) in [5.74, 6) is 0. The summed E-state index contributed by atoms with van der Waals surface area (Å²) < 4.78 is 34.1. The van der Waals surface area contributed by atoms with E-state index in [1.165, 1.54) is 77.0 Å². The Morgan fingerprint density at radius 2 is 1.08 bits per heavy atom. The summed E-state index contributed by atoms with van der Waals surface area (Å²) in [5.41, 5.74) is 0. The quantitative estimate of drug-likeness (QED) is 0.242. The van der Waals surface area contributed by atoms with Gasteiger partial charge < -0.3 is 0 Å². The van der Waals surface area contributed by atoms with Crippen LogP contribution in [-0.4, -0.2) is 19.1 Å². The van der Waals surface area contributed by atoms with Crippen molar-refractivity contribution in [3.05, 3.63) is 0 Å². The first kappa shape index (κ1) is 27.1. The van der Waals surface area contributed by atoms with Crippen LogP contribution in [0.5, 0.6) is 0 Å². The summed E-state index contributed by atoms with van der Waals surface area (Å²) in [4.78, 5) is 0. The largest absolute Gasteiger partial charge is 1.00 e. The normalized spacial score (nSPS) is 12.8. The van der Waals surface area contributed by atoms with Crippen LogP contribution in [0.15, 0.2) is 0 Å². The van der Waals surface area contributed by atoms with Crippen molar-refractivity contribution < 1.29 is 46.7 Å². The van der Waals surface area contributed by atoms with Gasteiger partial charge in [0.05, 0.1) is 6.10 Å². The van der Waals surface area contributed by atoms with Gasteiger partial charge in [0.25, 0.3) is 0 Å². The van der Waals surface area contributed by atoms with Gasteiger partial charge in [-0.25, -0.2) is 4.18 Å². The zero-order chi connectivity index (χ0) is 17.4. The van der Waals surface area contributed by atoms with Crippen LogP contribution in [0.3, 0.4) is 0 Å². The molecule has 1 unspecified atom stereocenters. The molecular weight excluding hydrogens is 335 g/mol. The summed E-state index contributed by atoms with van der Waals surface area (Å²) in [5, 5.41) is 0. The van der Waals surface area contributed by atoms with Gasteiger partial charge in [-0.15, -0.1) is 0 Å². The van der Waals surface area contributed by atoms with E-state index >= 15 is 0 Å². The molecule has 6 heteroatoms. The van der Waals surface area contributed by atoms with Gasteiger partial charge in [0.2, 0.25) is 0 Å². The van der Waals surface area contributed by atoms with Crippen molar-refractivity contribution in [2.24, 2.45) is 0 Å². The molecule has 0 aliphatic heterocycles. The molecule has 1 N–H and O–H groups in total. The Hall–Kier alpha value is 0.870. The van der Waals surface area contributed by atoms with E-state index in [1.54, 1.807) is 6.92 Å². The molecule has 0 saturated carbocycles. The molecule has 1 atom stereocenters. The van der Waals surface area contributed by atoms with Crippen molar-refractivity contribution in [3.8, 4) is 0 Å². The summed E-state index contributed by atoms with van der Waals surface area (Å²) >= 11 is 0. The minimum atomic E-state index is -4.29. The molecule has 0 aromatic heterocycles. The monoisotopic (exact) mass is 373 g/mol. The van der Waals surface area contributed by atoms with E-state index in [4.69, 9.17) is 4.55 Å². The number of hydrogen-bond acceptors (Lipinski definition) is 3. The molecule has 24 heavy (non-hydrogen) atoms. The zero-order valence-electron chi connectivity index (χ0n) is 16.3. The molecule has 0 aromatic carbocycles.